The number of hydrogen-bond donors (Lipinski definition) is 1. The van der Waals surface area contributed by atoms with Crippen molar-refractivity contribution < 1.29 is 4.39 Å². The van der Waals surface area contributed by atoms with Gasteiger partial charge in [-0.3, -0.25) is 4.79 Å². The minimum atomic E-state index is -0.558. The number of nitriles is 1. The summed E-state index contributed by atoms with van der Waals surface area (Å²) in [7, 11) is 0. The van der Waals surface area contributed by atoms with E-state index in [1.54, 1.807) is 18.4 Å². The van der Waals surface area contributed by atoms with Crippen LogP contribution in [-0.2, 0) is 0 Å². The van der Waals surface area contributed by atoms with Gasteiger partial charge in [-0.2, -0.15) is 5.26 Å². The normalized spacial score (nSPS) is 10.7. The fourth-order valence-corrected chi connectivity index (χ4v) is 3.20. The topological polar surface area (TPSA) is 69.5 Å². The van der Waals surface area contributed by atoms with Crippen LogP contribution in [0.15, 0.2) is 33.5 Å². The van der Waals surface area contributed by atoms with Crippen molar-refractivity contribution in [2.24, 2.45) is 0 Å². The lowest BCUT2D eigenvalue weighted by molar-refractivity contribution is 0.632. The first-order chi connectivity index (χ1) is 10.1. The van der Waals surface area contributed by atoms with Gasteiger partial charge in [0.1, 0.15) is 17.4 Å². The molecule has 104 valence electrons. The van der Waals surface area contributed by atoms with Gasteiger partial charge in [-0.05, 0) is 35.2 Å². The number of aromatic amines is 1. The molecule has 0 fully saturated rings. The van der Waals surface area contributed by atoms with Gasteiger partial charge in [-0.25, -0.2) is 9.37 Å². The summed E-state index contributed by atoms with van der Waals surface area (Å²) in [6.45, 7) is 0. The summed E-state index contributed by atoms with van der Waals surface area (Å²) in [4.78, 5) is 18.6. The molecule has 0 radical (unpaired) electrons. The van der Waals surface area contributed by atoms with Gasteiger partial charge in [0.05, 0.1) is 5.69 Å². The smallest absolute Gasteiger partial charge is 0.270 e. The van der Waals surface area contributed by atoms with Crippen molar-refractivity contribution in [2.75, 3.05) is 6.26 Å². The summed E-state index contributed by atoms with van der Waals surface area (Å²) >= 11 is 2.69. The van der Waals surface area contributed by atoms with Crippen LogP contribution >= 0.6 is 23.1 Å². The predicted molar refractivity (Wildman–Crippen MR) is 82.1 cm³/mol. The van der Waals surface area contributed by atoms with Crippen LogP contribution in [0.2, 0.25) is 0 Å². The molecule has 0 amide bonds. The third kappa shape index (κ3) is 2.33. The molecule has 0 spiro atoms. The van der Waals surface area contributed by atoms with E-state index < -0.39 is 11.4 Å². The van der Waals surface area contributed by atoms with Crippen LogP contribution in [0.4, 0.5) is 4.39 Å². The fraction of sp³-hybridized carbons (Fsp3) is 0.0714. The molecular formula is C14H8FN3OS2. The molecule has 4 nitrogen and oxygen atoms in total. The van der Waals surface area contributed by atoms with E-state index in [4.69, 9.17) is 5.26 Å². The number of thiophene rings is 1. The molecule has 21 heavy (non-hydrogen) atoms. The van der Waals surface area contributed by atoms with Crippen LogP contribution in [0.25, 0.3) is 21.3 Å². The molecule has 7 heteroatoms. The first kappa shape index (κ1) is 13.8. The second-order valence-corrected chi connectivity index (χ2v) is 5.94. The van der Waals surface area contributed by atoms with Crippen molar-refractivity contribution in [3.8, 4) is 17.3 Å². The standard InChI is InChI=1S/C14H8FN3OS2/c1-20-14-17-12(9(6-16)13(19)18-14)8-5-11-7(2-3-21-11)4-10(8)15/h2-5H,1H3,(H,17,18,19). The van der Waals surface area contributed by atoms with Crippen molar-refractivity contribution in [3.63, 3.8) is 0 Å². The summed E-state index contributed by atoms with van der Waals surface area (Å²) < 4.78 is 15.2. The second-order valence-electron chi connectivity index (χ2n) is 4.20. The summed E-state index contributed by atoms with van der Waals surface area (Å²) in [5.74, 6) is -0.498. The van der Waals surface area contributed by atoms with Gasteiger partial charge in [-0.1, -0.05) is 11.8 Å². The van der Waals surface area contributed by atoms with Crippen LogP contribution in [0, 0.1) is 17.1 Å². The molecular weight excluding hydrogens is 309 g/mol. The van der Waals surface area contributed by atoms with E-state index in [0.717, 1.165) is 10.1 Å². The average molecular weight is 317 g/mol. The summed E-state index contributed by atoms with van der Waals surface area (Å²) in [6.07, 6.45) is 1.74. The molecule has 0 atom stereocenters. The second kappa shape index (κ2) is 5.31. The van der Waals surface area contributed by atoms with E-state index >= 15 is 0 Å². The van der Waals surface area contributed by atoms with Crippen molar-refractivity contribution in [3.05, 3.63) is 45.3 Å². The Labute approximate surface area is 127 Å². The first-order valence-corrected chi connectivity index (χ1v) is 8.00. The highest BCUT2D eigenvalue weighted by Gasteiger charge is 2.17. The Morgan fingerprint density at radius 3 is 3.00 bits per heavy atom. The molecule has 0 saturated heterocycles. The number of H-pyrrole nitrogens is 1. The van der Waals surface area contributed by atoms with Crippen molar-refractivity contribution in [1.82, 2.24) is 9.97 Å². The summed E-state index contributed by atoms with van der Waals surface area (Å²) in [5.41, 5.74) is -0.485. The average Bonchev–Trinajstić information content (AvgIpc) is 2.92. The largest absolute Gasteiger partial charge is 0.300 e. The third-order valence-corrected chi connectivity index (χ3v) is 4.46. The lowest BCUT2D eigenvalue weighted by Gasteiger charge is -2.06. The zero-order valence-corrected chi connectivity index (χ0v) is 12.4. The minimum Gasteiger partial charge on any atom is -0.300 e. The van der Waals surface area contributed by atoms with Crippen molar-refractivity contribution in [2.45, 2.75) is 5.16 Å². The van der Waals surface area contributed by atoms with E-state index in [-0.39, 0.29) is 16.8 Å². The highest BCUT2D eigenvalue weighted by atomic mass is 32.2. The zero-order chi connectivity index (χ0) is 15.0. The third-order valence-electron chi connectivity index (χ3n) is 3.00. The summed E-state index contributed by atoms with van der Waals surface area (Å²) in [6, 6.07) is 6.64. The molecule has 0 aliphatic heterocycles. The lowest BCUT2D eigenvalue weighted by Crippen LogP contribution is -2.15. The maximum absolute atomic E-state index is 14.3. The monoisotopic (exact) mass is 317 g/mol. The van der Waals surface area contributed by atoms with Gasteiger partial charge in [0, 0.05) is 10.3 Å². The Balaban J connectivity index is 2.36. The van der Waals surface area contributed by atoms with E-state index in [9.17, 15) is 9.18 Å². The maximum Gasteiger partial charge on any atom is 0.270 e. The Bertz CT molecular complexity index is 940. The van der Waals surface area contributed by atoms with E-state index in [1.165, 1.54) is 29.2 Å². The minimum absolute atomic E-state index is 0.0819. The van der Waals surface area contributed by atoms with Crippen LogP contribution in [0.1, 0.15) is 5.56 Å². The quantitative estimate of drug-likeness (QED) is 0.581. The molecule has 2 heterocycles. The maximum atomic E-state index is 14.3. The molecule has 0 unspecified atom stereocenters. The lowest BCUT2D eigenvalue weighted by atomic mass is 10.1. The number of aromatic nitrogens is 2. The number of nitrogens with zero attached hydrogens (tertiary/aromatic N) is 2. The predicted octanol–water partition coefficient (Wildman–Crippen LogP) is 3.38. The highest BCUT2D eigenvalue weighted by molar-refractivity contribution is 7.98. The van der Waals surface area contributed by atoms with Gasteiger partial charge in [0.25, 0.3) is 5.56 Å². The molecule has 0 aliphatic rings. The number of halogens is 1. The molecule has 1 aromatic carbocycles. The molecule has 1 N–H and O–H groups in total. The molecule has 0 bridgehead atoms. The first-order valence-electron chi connectivity index (χ1n) is 5.89. The molecule has 2 aromatic heterocycles. The highest BCUT2D eigenvalue weighted by Crippen LogP contribution is 2.31. The Morgan fingerprint density at radius 1 is 1.48 bits per heavy atom. The van der Waals surface area contributed by atoms with Crippen LogP contribution in [0.3, 0.4) is 0 Å². The number of fused-ring (bicyclic) bond motifs is 1. The van der Waals surface area contributed by atoms with Crippen molar-refractivity contribution in [1.29, 1.82) is 5.26 Å². The molecule has 3 aromatic rings. The Kier molecular flexibility index (Phi) is 3.49. The van der Waals surface area contributed by atoms with Gasteiger partial charge in [0.2, 0.25) is 0 Å². The van der Waals surface area contributed by atoms with Gasteiger partial charge in [0.15, 0.2) is 5.16 Å². The zero-order valence-electron chi connectivity index (χ0n) is 10.8. The van der Waals surface area contributed by atoms with Crippen LogP contribution < -0.4 is 5.56 Å². The van der Waals surface area contributed by atoms with Crippen LogP contribution in [-0.4, -0.2) is 16.2 Å². The fourth-order valence-electron chi connectivity index (χ4n) is 2.01. The van der Waals surface area contributed by atoms with E-state index in [2.05, 4.69) is 9.97 Å². The van der Waals surface area contributed by atoms with Crippen molar-refractivity contribution >= 4 is 33.2 Å². The number of thioether (sulfide) groups is 1. The molecule has 0 saturated carbocycles. The number of benzene rings is 1. The Hall–Kier alpha value is -2.17. The Morgan fingerprint density at radius 2 is 2.29 bits per heavy atom. The number of hydrogen-bond acceptors (Lipinski definition) is 5. The van der Waals surface area contributed by atoms with E-state index in [0.29, 0.717) is 5.16 Å². The van der Waals surface area contributed by atoms with E-state index in [1.807, 2.05) is 11.4 Å². The van der Waals surface area contributed by atoms with Gasteiger partial charge < -0.3 is 4.98 Å². The van der Waals surface area contributed by atoms with Gasteiger partial charge >= 0.3 is 0 Å². The number of nitrogens with one attached hydrogen (secondary N) is 1. The van der Waals surface area contributed by atoms with Gasteiger partial charge in [-0.15, -0.1) is 11.3 Å². The molecule has 3 rings (SSSR count). The van der Waals surface area contributed by atoms with Crippen LogP contribution in [0.5, 0.6) is 0 Å². The summed E-state index contributed by atoms with van der Waals surface area (Å²) in [5, 5.41) is 12.1. The molecule has 0 aliphatic carbocycles. The number of rotatable bonds is 2. The SMILES string of the molecule is CSc1nc(-c2cc3sccc3cc2F)c(C#N)c(=O)[nH]1.